The number of rotatable bonds is 12. The molecule has 7 nitrogen and oxygen atoms in total. The third-order valence-corrected chi connectivity index (χ3v) is 8.50. The maximum atomic E-state index is 14.1. The van der Waals surface area contributed by atoms with Crippen LogP contribution < -0.4 is 9.62 Å². The van der Waals surface area contributed by atoms with Crippen LogP contribution in [0.4, 0.5) is 5.69 Å². The van der Waals surface area contributed by atoms with Crippen molar-refractivity contribution in [2.45, 2.75) is 32.9 Å². The summed E-state index contributed by atoms with van der Waals surface area (Å²) in [6.45, 7) is 3.82. The third kappa shape index (κ3) is 8.96. The zero-order chi connectivity index (χ0) is 29.4. The highest BCUT2D eigenvalue weighted by Crippen LogP contribution is 2.29. The maximum absolute atomic E-state index is 14.1. The van der Waals surface area contributed by atoms with Crippen molar-refractivity contribution in [2.75, 3.05) is 23.7 Å². The highest BCUT2D eigenvalue weighted by molar-refractivity contribution is 9.10. The molecule has 11 heteroatoms. The van der Waals surface area contributed by atoms with Crippen molar-refractivity contribution < 1.29 is 18.0 Å². The van der Waals surface area contributed by atoms with Gasteiger partial charge in [-0.25, -0.2) is 8.42 Å². The summed E-state index contributed by atoms with van der Waals surface area (Å²) in [6, 6.07) is 20.1. The molecule has 0 spiro atoms. The summed E-state index contributed by atoms with van der Waals surface area (Å²) in [5.74, 6) is -0.719. The number of carbonyl (C=O) groups excluding carboxylic acids is 2. The molecular formula is C29H32BrCl2N3O4S. The third-order valence-electron chi connectivity index (χ3n) is 6.11. The number of nitrogens with one attached hydrogen (secondary N) is 1. The standard InChI is InChI=1S/C29H32BrCl2N3O4S/c1-20(2)17-33-29(37)27(15-21-9-5-4-6-10-21)34(18-22-13-14-23(31)16-25(22)32)28(36)19-35(40(3,38)39)26-12-8-7-11-24(26)30/h4-14,16,20,27H,15,17-19H2,1-3H3,(H,33,37). The summed E-state index contributed by atoms with van der Waals surface area (Å²) in [4.78, 5) is 29.1. The minimum absolute atomic E-state index is 0.0327. The van der Waals surface area contributed by atoms with Gasteiger partial charge >= 0.3 is 0 Å². The van der Waals surface area contributed by atoms with E-state index in [1.165, 1.54) is 4.90 Å². The molecule has 0 heterocycles. The minimum atomic E-state index is -3.87. The van der Waals surface area contributed by atoms with Gasteiger partial charge in [-0.1, -0.05) is 85.6 Å². The molecule has 3 aromatic carbocycles. The second-order valence-corrected chi connectivity index (χ2v) is 13.4. The van der Waals surface area contributed by atoms with E-state index in [-0.39, 0.29) is 24.8 Å². The van der Waals surface area contributed by atoms with Gasteiger partial charge in [0.25, 0.3) is 0 Å². The van der Waals surface area contributed by atoms with Crippen LogP contribution in [0.5, 0.6) is 0 Å². The van der Waals surface area contributed by atoms with E-state index in [9.17, 15) is 18.0 Å². The average Bonchev–Trinajstić information content (AvgIpc) is 2.89. The number of hydrogen-bond acceptors (Lipinski definition) is 4. The van der Waals surface area contributed by atoms with E-state index >= 15 is 0 Å². The van der Waals surface area contributed by atoms with Gasteiger partial charge in [0, 0.05) is 34.0 Å². The number of amides is 2. The Bertz CT molecular complexity index is 1440. The van der Waals surface area contributed by atoms with Crippen LogP contribution in [0, 0.1) is 5.92 Å². The second-order valence-electron chi connectivity index (χ2n) is 9.82. The zero-order valence-corrected chi connectivity index (χ0v) is 26.4. The summed E-state index contributed by atoms with van der Waals surface area (Å²) >= 11 is 16.0. The predicted octanol–water partition coefficient (Wildman–Crippen LogP) is 5.93. The quantitative estimate of drug-likeness (QED) is 0.259. The van der Waals surface area contributed by atoms with Crippen LogP contribution in [-0.2, 0) is 32.6 Å². The average molecular weight is 669 g/mol. The number of hydrogen-bond donors (Lipinski definition) is 1. The molecule has 0 aromatic heterocycles. The van der Waals surface area contributed by atoms with Gasteiger partial charge in [-0.3, -0.25) is 13.9 Å². The lowest BCUT2D eigenvalue weighted by Gasteiger charge is -2.34. The molecule has 0 saturated carbocycles. The van der Waals surface area contributed by atoms with Gasteiger partial charge in [-0.2, -0.15) is 0 Å². The van der Waals surface area contributed by atoms with Gasteiger partial charge in [0.2, 0.25) is 21.8 Å². The first kappa shape index (κ1) is 31.9. The number of sulfonamides is 1. The molecule has 3 aromatic rings. The smallest absolute Gasteiger partial charge is 0.244 e. The van der Waals surface area contributed by atoms with Gasteiger partial charge < -0.3 is 10.2 Å². The molecule has 40 heavy (non-hydrogen) atoms. The fourth-order valence-corrected chi connectivity index (χ4v) is 6.00. The lowest BCUT2D eigenvalue weighted by Crippen LogP contribution is -2.53. The first-order valence-electron chi connectivity index (χ1n) is 12.6. The number of anilines is 1. The van der Waals surface area contributed by atoms with Gasteiger partial charge in [0.05, 0.1) is 11.9 Å². The molecule has 3 rings (SSSR count). The fourth-order valence-electron chi connectivity index (χ4n) is 4.06. The van der Waals surface area contributed by atoms with E-state index < -0.39 is 28.5 Å². The Morgan fingerprint density at radius 3 is 2.23 bits per heavy atom. The molecule has 2 amide bonds. The van der Waals surface area contributed by atoms with Crippen LogP contribution in [-0.4, -0.2) is 50.5 Å². The molecule has 1 unspecified atom stereocenters. The molecule has 0 saturated heterocycles. The van der Waals surface area contributed by atoms with Crippen LogP contribution in [0.15, 0.2) is 77.3 Å². The van der Waals surface area contributed by atoms with Crippen molar-refractivity contribution in [3.8, 4) is 0 Å². The second kappa shape index (κ2) is 14.3. The van der Waals surface area contributed by atoms with E-state index in [4.69, 9.17) is 23.2 Å². The Morgan fingerprint density at radius 1 is 0.975 bits per heavy atom. The number of para-hydroxylation sites is 1. The number of halogens is 3. The van der Waals surface area contributed by atoms with E-state index in [0.717, 1.165) is 16.1 Å². The summed E-state index contributed by atoms with van der Waals surface area (Å²) in [6.07, 6.45) is 1.26. The molecule has 0 aliphatic rings. The summed E-state index contributed by atoms with van der Waals surface area (Å²) in [7, 11) is -3.87. The topological polar surface area (TPSA) is 86.8 Å². The Morgan fingerprint density at radius 2 is 1.62 bits per heavy atom. The van der Waals surface area contributed by atoms with E-state index in [0.29, 0.717) is 32.3 Å². The first-order valence-corrected chi connectivity index (χ1v) is 16.0. The Hall–Kier alpha value is -2.59. The molecule has 0 bridgehead atoms. The zero-order valence-electron chi connectivity index (χ0n) is 22.5. The minimum Gasteiger partial charge on any atom is -0.354 e. The molecule has 1 N–H and O–H groups in total. The molecule has 1 atom stereocenters. The van der Waals surface area contributed by atoms with Crippen LogP contribution >= 0.6 is 39.1 Å². The summed E-state index contributed by atoms with van der Waals surface area (Å²) < 4.78 is 27.3. The highest BCUT2D eigenvalue weighted by Gasteiger charge is 2.33. The highest BCUT2D eigenvalue weighted by atomic mass is 79.9. The SMILES string of the molecule is CC(C)CNC(=O)C(Cc1ccccc1)N(Cc1ccc(Cl)cc1Cl)C(=O)CN(c1ccccc1Br)S(C)(=O)=O. The van der Waals surface area contributed by atoms with Crippen molar-refractivity contribution in [1.82, 2.24) is 10.2 Å². The van der Waals surface area contributed by atoms with Crippen LogP contribution in [0.1, 0.15) is 25.0 Å². The monoisotopic (exact) mass is 667 g/mol. The first-order chi connectivity index (χ1) is 18.9. The predicted molar refractivity (Wildman–Crippen MR) is 165 cm³/mol. The molecule has 0 aliphatic carbocycles. The number of carbonyl (C=O) groups is 2. The van der Waals surface area contributed by atoms with Crippen molar-refractivity contribution in [3.05, 3.63) is 98.4 Å². The maximum Gasteiger partial charge on any atom is 0.244 e. The van der Waals surface area contributed by atoms with Crippen molar-refractivity contribution >= 4 is 66.7 Å². The molecular weight excluding hydrogens is 637 g/mol. The largest absolute Gasteiger partial charge is 0.354 e. The van der Waals surface area contributed by atoms with E-state index in [1.807, 2.05) is 44.2 Å². The number of nitrogens with zero attached hydrogens (tertiary/aromatic N) is 2. The normalized spacial score (nSPS) is 12.2. The van der Waals surface area contributed by atoms with Crippen molar-refractivity contribution in [1.29, 1.82) is 0 Å². The summed E-state index contributed by atoms with van der Waals surface area (Å²) in [5.41, 5.74) is 1.73. The fraction of sp³-hybridized carbons (Fsp3) is 0.310. The lowest BCUT2D eigenvalue weighted by molar-refractivity contribution is -0.140. The van der Waals surface area contributed by atoms with Crippen LogP contribution in [0.3, 0.4) is 0 Å². The Labute approximate surface area is 254 Å². The van der Waals surface area contributed by atoms with Gasteiger partial charge in [0.1, 0.15) is 12.6 Å². The number of benzene rings is 3. The van der Waals surface area contributed by atoms with Crippen molar-refractivity contribution in [2.24, 2.45) is 5.92 Å². The van der Waals surface area contributed by atoms with Gasteiger partial charge in [-0.05, 0) is 57.2 Å². The van der Waals surface area contributed by atoms with Gasteiger partial charge in [0.15, 0.2) is 0 Å². The molecule has 0 radical (unpaired) electrons. The van der Waals surface area contributed by atoms with E-state index in [1.54, 1.807) is 42.5 Å². The molecule has 0 fully saturated rings. The van der Waals surface area contributed by atoms with E-state index in [2.05, 4.69) is 21.2 Å². The van der Waals surface area contributed by atoms with Crippen molar-refractivity contribution in [3.63, 3.8) is 0 Å². The Kier molecular flexibility index (Phi) is 11.5. The van der Waals surface area contributed by atoms with Crippen LogP contribution in [0.2, 0.25) is 10.0 Å². The molecule has 0 aliphatic heterocycles. The van der Waals surface area contributed by atoms with Gasteiger partial charge in [-0.15, -0.1) is 0 Å². The summed E-state index contributed by atoms with van der Waals surface area (Å²) in [5, 5.41) is 3.71. The Balaban J connectivity index is 2.08. The van der Waals surface area contributed by atoms with Crippen LogP contribution in [0.25, 0.3) is 0 Å². The molecule has 214 valence electrons. The lowest BCUT2D eigenvalue weighted by atomic mass is 10.0.